The maximum Gasteiger partial charge on any atom is 0.335 e. The van der Waals surface area contributed by atoms with Gasteiger partial charge in [0, 0.05) is 0 Å². The van der Waals surface area contributed by atoms with Crippen molar-refractivity contribution >= 4 is 11.7 Å². The third-order valence-corrected chi connectivity index (χ3v) is 1.87. The molecular formula is C8H7N5O2. The third kappa shape index (κ3) is 1.62. The molecule has 0 atom stereocenters. The number of nitrogens with two attached hydrogens (primary N) is 1. The molecule has 2 rings (SSSR count). The normalized spacial score (nSPS) is 10.1. The van der Waals surface area contributed by atoms with Gasteiger partial charge in [-0.2, -0.15) is 4.68 Å². The number of hydrogen-bond donors (Lipinski definition) is 2. The van der Waals surface area contributed by atoms with Crippen molar-refractivity contribution in [1.82, 2.24) is 20.2 Å². The van der Waals surface area contributed by atoms with Crippen LogP contribution in [0.3, 0.4) is 0 Å². The van der Waals surface area contributed by atoms with Gasteiger partial charge < -0.3 is 10.8 Å². The van der Waals surface area contributed by atoms with Gasteiger partial charge in [0.25, 0.3) is 0 Å². The molecule has 15 heavy (non-hydrogen) atoms. The number of aromatic carboxylic acids is 1. The molecule has 7 nitrogen and oxygen atoms in total. The van der Waals surface area contributed by atoms with Crippen molar-refractivity contribution in [1.29, 1.82) is 0 Å². The standard InChI is InChI=1S/C8H7N5O2/c9-6-3-5(8(14)15)1-2-7(6)13-4-10-11-12-13/h1-4H,9H2,(H,14,15). The summed E-state index contributed by atoms with van der Waals surface area (Å²) in [7, 11) is 0. The number of benzene rings is 1. The Morgan fingerprint density at radius 1 is 1.47 bits per heavy atom. The molecule has 0 amide bonds. The van der Waals surface area contributed by atoms with Crippen molar-refractivity contribution in [3.63, 3.8) is 0 Å². The zero-order valence-electron chi connectivity index (χ0n) is 7.53. The maximum absolute atomic E-state index is 10.6. The van der Waals surface area contributed by atoms with Gasteiger partial charge in [-0.05, 0) is 28.6 Å². The summed E-state index contributed by atoms with van der Waals surface area (Å²) in [4.78, 5) is 10.6. The maximum atomic E-state index is 10.6. The first-order chi connectivity index (χ1) is 7.18. The lowest BCUT2D eigenvalue weighted by Gasteiger charge is -2.04. The van der Waals surface area contributed by atoms with Gasteiger partial charge in [-0.25, -0.2) is 4.79 Å². The van der Waals surface area contributed by atoms with Crippen LogP contribution in [0.5, 0.6) is 0 Å². The van der Waals surface area contributed by atoms with Gasteiger partial charge in [-0.1, -0.05) is 0 Å². The molecule has 1 heterocycles. The number of carboxylic acid groups (broad SMARTS) is 1. The first-order valence-corrected chi connectivity index (χ1v) is 4.04. The quantitative estimate of drug-likeness (QED) is 0.665. The Morgan fingerprint density at radius 3 is 2.80 bits per heavy atom. The molecule has 0 unspecified atom stereocenters. The van der Waals surface area contributed by atoms with Crippen LogP contribution < -0.4 is 5.73 Å². The third-order valence-electron chi connectivity index (χ3n) is 1.87. The molecule has 76 valence electrons. The Hall–Kier alpha value is -2.44. The summed E-state index contributed by atoms with van der Waals surface area (Å²) < 4.78 is 1.36. The Balaban J connectivity index is 2.48. The van der Waals surface area contributed by atoms with E-state index in [9.17, 15) is 4.79 Å². The van der Waals surface area contributed by atoms with Crippen molar-refractivity contribution in [3.05, 3.63) is 30.1 Å². The molecule has 0 spiro atoms. The highest BCUT2D eigenvalue weighted by molar-refractivity contribution is 5.89. The van der Waals surface area contributed by atoms with E-state index in [1.807, 2.05) is 0 Å². The highest BCUT2D eigenvalue weighted by atomic mass is 16.4. The Morgan fingerprint density at radius 2 is 2.27 bits per heavy atom. The minimum Gasteiger partial charge on any atom is -0.478 e. The van der Waals surface area contributed by atoms with Gasteiger partial charge >= 0.3 is 5.97 Å². The summed E-state index contributed by atoms with van der Waals surface area (Å²) in [6.45, 7) is 0. The molecule has 0 bridgehead atoms. The molecule has 0 radical (unpaired) electrons. The van der Waals surface area contributed by atoms with Crippen LogP contribution in [-0.2, 0) is 0 Å². The van der Waals surface area contributed by atoms with Crippen molar-refractivity contribution in [3.8, 4) is 5.69 Å². The van der Waals surface area contributed by atoms with Gasteiger partial charge in [-0.15, -0.1) is 5.10 Å². The number of rotatable bonds is 2. The van der Waals surface area contributed by atoms with Crippen LogP contribution >= 0.6 is 0 Å². The Labute approximate surface area is 84.1 Å². The molecular weight excluding hydrogens is 198 g/mol. The van der Waals surface area contributed by atoms with Crippen LogP contribution in [0.25, 0.3) is 5.69 Å². The predicted octanol–water partition coefficient (Wildman–Crippen LogP) is -0.0573. The minimum absolute atomic E-state index is 0.129. The van der Waals surface area contributed by atoms with E-state index < -0.39 is 5.97 Å². The van der Waals surface area contributed by atoms with Crippen molar-refractivity contribution < 1.29 is 9.90 Å². The first kappa shape index (κ1) is 9.13. The molecule has 1 aromatic heterocycles. The average molecular weight is 205 g/mol. The van der Waals surface area contributed by atoms with Crippen LogP contribution in [0.2, 0.25) is 0 Å². The number of hydrogen-bond acceptors (Lipinski definition) is 5. The highest BCUT2D eigenvalue weighted by Crippen LogP contribution is 2.17. The fourth-order valence-corrected chi connectivity index (χ4v) is 1.17. The Bertz CT molecular complexity index is 494. The van der Waals surface area contributed by atoms with Gasteiger partial charge in [0.2, 0.25) is 0 Å². The molecule has 0 fully saturated rings. The number of carboxylic acids is 1. The lowest BCUT2D eigenvalue weighted by atomic mass is 10.2. The molecule has 1 aromatic carbocycles. The van der Waals surface area contributed by atoms with Gasteiger partial charge in [0.05, 0.1) is 16.9 Å². The molecule has 0 aliphatic rings. The largest absolute Gasteiger partial charge is 0.478 e. The minimum atomic E-state index is -1.02. The van der Waals surface area contributed by atoms with E-state index >= 15 is 0 Å². The average Bonchev–Trinajstić information content (AvgIpc) is 2.70. The summed E-state index contributed by atoms with van der Waals surface area (Å²) >= 11 is 0. The Kier molecular flexibility index (Phi) is 2.05. The summed E-state index contributed by atoms with van der Waals surface area (Å²) in [5.41, 5.74) is 6.65. The highest BCUT2D eigenvalue weighted by Gasteiger charge is 2.07. The second-order valence-electron chi connectivity index (χ2n) is 2.83. The predicted molar refractivity (Wildman–Crippen MR) is 50.5 cm³/mol. The summed E-state index contributed by atoms with van der Waals surface area (Å²) in [6, 6.07) is 4.35. The SMILES string of the molecule is Nc1cc(C(=O)O)ccc1-n1cnnn1. The van der Waals surface area contributed by atoms with E-state index in [0.717, 1.165) is 0 Å². The molecule has 0 aliphatic carbocycles. The number of tetrazole rings is 1. The van der Waals surface area contributed by atoms with E-state index in [4.69, 9.17) is 10.8 Å². The fourth-order valence-electron chi connectivity index (χ4n) is 1.17. The molecule has 3 N–H and O–H groups in total. The number of aromatic nitrogens is 4. The lowest BCUT2D eigenvalue weighted by molar-refractivity contribution is 0.0697. The topological polar surface area (TPSA) is 107 Å². The summed E-state index contributed by atoms with van der Waals surface area (Å²) in [5, 5.41) is 19.3. The smallest absolute Gasteiger partial charge is 0.335 e. The van der Waals surface area contributed by atoms with Crippen LogP contribution in [0, 0.1) is 0 Å². The number of carbonyl (C=O) groups is 1. The molecule has 7 heteroatoms. The zero-order valence-corrected chi connectivity index (χ0v) is 7.53. The second kappa shape index (κ2) is 3.37. The fraction of sp³-hybridized carbons (Fsp3) is 0. The van der Waals surface area contributed by atoms with Crippen LogP contribution in [-0.4, -0.2) is 31.3 Å². The molecule has 2 aromatic rings. The van der Waals surface area contributed by atoms with E-state index in [1.165, 1.54) is 23.1 Å². The van der Waals surface area contributed by atoms with E-state index in [1.54, 1.807) is 6.07 Å². The summed E-state index contributed by atoms with van der Waals surface area (Å²) in [6.07, 6.45) is 1.38. The van der Waals surface area contributed by atoms with Gasteiger partial charge in [-0.3, -0.25) is 0 Å². The molecule has 0 saturated carbocycles. The molecule has 0 aliphatic heterocycles. The summed E-state index contributed by atoms with van der Waals surface area (Å²) in [5.74, 6) is -1.02. The first-order valence-electron chi connectivity index (χ1n) is 4.04. The number of nitrogens with zero attached hydrogens (tertiary/aromatic N) is 4. The van der Waals surface area contributed by atoms with Crippen LogP contribution in [0.4, 0.5) is 5.69 Å². The van der Waals surface area contributed by atoms with Crippen LogP contribution in [0.1, 0.15) is 10.4 Å². The lowest BCUT2D eigenvalue weighted by Crippen LogP contribution is -2.04. The monoisotopic (exact) mass is 205 g/mol. The van der Waals surface area contributed by atoms with Crippen LogP contribution in [0.15, 0.2) is 24.5 Å². The van der Waals surface area contributed by atoms with Crippen molar-refractivity contribution in [2.45, 2.75) is 0 Å². The van der Waals surface area contributed by atoms with Crippen molar-refractivity contribution in [2.75, 3.05) is 5.73 Å². The van der Waals surface area contributed by atoms with E-state index in [0.29, 0.717) is 11.4 Å². The zero-order chi connectivity index (χ0) is 10.8. The number of nitrogen functional groups attached to an aromatic ring is 1. The molecule has 0 saturated heterocycles. The van der Waals surface area contributed by atoms with E-state index in [-0.39, 0.29) is 5.56 Å². The second-order valence-corrected chi connectivity index (χ2v) is 2.83. The van der Waals surface area contributed by atoms with Gasteiger partial charge in [0.1, 0.15) is 6.33 Å². The number of anilines is 1. The van der Waals surface area contributed by atoms with Gasteiger partial charge in [0.15, 0.2) is 0 Å². The van der Waals surface area contributed by atoms with E-state index in [2.05, 4.69) is 15.5 Å². The van der Waals surface area contributed by atoms with Crippen molar-refractivity contribution in [2.24, 2.45) is 0 Å².